The number of hydrogen-bond donors (Lipinski definition) is 0. The van der Waals surface area contributed by atoms with Crippen molar-refractivity contribution in [1.82, 2.24) is 0 Å². The van der Waals surface area contributed by atoms with Gasteiger partial charge in [0, 0.05) is 12.3 Å². The molecule has 0 radical (unpaired) electrons. The zero-order valence-corrected chi connectivity index (χ0v) is 8.13. The Bertz CT molecular complexity index is 163. The van der Waals surface area contributed by atoms with Crippen LogP contribution >= 0.6 is 0 Å². The highest BCUT2D eigenvalue weighted by Gasteiger charge is 2.22. The summed E-state index contributed by atoms with van der Waals surface area (Å²) in [4.78, 5) is 19.1. The summed E-state index contributed by atoms with van der Waals surface area (Å²) < 4.78 is 0. The van der Waals surface area contributed by atoms with Crippen molar-refractivity contribution in [3.8, 4) is 0 Å². The summed E-state index contributed by atoms with van der Waals surface area (Å²) in [6, 6.07) is 0. The fourth-order valence-corrected chi connectivity index (χ4v) is 1.70. The predicted molar refractivity (Wildman–Crippen MR) is 53.5 cm³/mol. The van der Waals surface area contributed by atoms with Gasteiger partial charge in [-0.25, -0.2) is 0 Å². The first-order valence-corrected chi connectivity index (χ1v) is 4.77. The number of ketones is 1. The van der Waals surface area contributed by atoms with Crippen LogP contribution in [-0.2, 0) is 9.59 Å². The second-order valence-electron chi connectivity index (χ2n) is 3.28. The molecule has 0 aromatic rings. The summed E-state index contributed by atoms with van der Waals surface area (Å²) in [5.41, 5.74) is 0. The average molecular weight is 182 g/mol. The number of Topliss-reactive ketones (excluding diaryl/α,β-unsaturated/α-hetero) is 1. The number of rotatable bonds is 4. The molecule has 0 aromatic heterocycles. The molecule has 0 amide bonds. The van der Waals surface area contributed by atoms with Crippen LogP contribution in [-0.4, -0.2) is 12.6 Å². The van der Waals surface area contributed by atoms with Crippen LogP contribution in [0.25, 0.3) is 0 Å². The third-order valence-electron chi connectivity index (χ3n) is 2.39. The van der Waals surface area contributed by atoms with Crippen LogP contribution in [0.5, 0.6) is 0 Å². The molecule has 1 unspecified atom stereocenters. The van der Waals surface area contributed by atoms with Crippen molar-refractivity contribution >= 4 is 12.6 Å². The van der Waals surface area contributed by atoms with E-state index in [2.05, 4.69) is 6.58 Å². The fourth-order valence-electron chi connectivity index (χ4n) is 1.70. The number of carbonyl (C=O) groups is 2. The Balaban J connectivity index is 0.000000671. The molecule has 0 bridgehead atoms. The van der Waals surface area contributed by atoms with Crippen molar-refractivity contribution in [1.29, 1.82) is 0 Å². The largest absolute Gasteiger partial charge is 0.307 e. The number of carbonyl (C=O) groups excluding carboxylic acids is 2. The van der Waals surface area contributed by atoms with E-state index in [0.717, 1.165) is 38.5 Å². The molecule has 1 rings (SSSR count). The van der Waals surface area contributed by atoms with Crippen LogP contribution in [0, 0.1) is 5.92 Å². The standard InChI is InChI=1S/C10H16O.CH2O/c1-2-3-4-6-9-7-5-8-10(9)11;1-2/h2,9H,1,3-8H2;1H2. The monoisotopic (exact) mass is 182 g/mol. The summed E-state index contributed by atoms with van der Waals surface area (Å²) >= 11 is 0. The van der Waals surface area contributed by atoms with E-state index in [4.69, 9.17) is 4.79 Å². The molecule has 2 heteroatoms. The highest BCUT2D eigenvalue weighted by Crippen LogP contribution is 2.25. The molecule has 1 aliphatic rings. The Morgan fingerprint density at radius 3 is 2.62 bits per heavy atom. The predicted octanol–water partition coefficient (Wildman–Crippen LogP) is 2.53. The summed E-state index contributed by atoms with van der Waals surface area (Å²) in [6.45, 7) is 5.66. The van der Waals surface area contributed by atoms with Crippen molar-refractivity contribution in [2.24, 2.45) is 5.92 Å². The van der Waals surface area contributed by atoms with Gasteiger partial charge in [-0.1, -0.05) is 6.08 Å². The Kier molecular flexibility index (Phi) is 7.17. The second-order valence-corrected chi connectivity index (χ2v) is 3.28. The molecular weight excluding hydrogens is 164 g/mol. The second kappa shape index (κ2) is 7.71. The molecule has 0 saturated heterocycles. The lowest BCUT2D eigenvalue weighted by molar-refractivity contribution is -0.120. The molecule has 0 heterocycles. The lowest BCUT2D eigenvalue weighted by Gasteiger charge is -2.04. The molecule has 0 aliphatic heterocycles. The van der Waals surface area contributed by atoms with E-state index in [9.17, 15) is 4.79 Å². The van der Waals surface area contributed by atoms with E-state index in [0.29, 0.717) is 11.7 Å². The van der Waals surface area contributed by atoms with Crippen LogP contribution in [0.1, 0.15) is 38.5 Å². The number of hydrogen-bond acceptors (Lipinski definition) is 2. The van der Waals surface area contributed by atoms with Gasteiger partial charge >= 0.3 is 0 Å². The molecule has 13 heavy (non-hydrogen) atoms. The van der Waals surface area contributed by atoms with E-state index in [1.54, 1.807) is 0 Å². The maximum Gasteiger partial charge on any atom is 0.135 e. The van der Waals surface area contributed by atoms with E-state index in [1.165, 1.54) is 0 Å². The summed E-state index contributed by atoms with van der Waals surface area (Å²) in [6.07, 6.45) is 8.31. The minimum atomic E-state index is 0.398. The quantitative estimate of drug-likeness (QED) is 0.494. The topological polar surface area (TPSA) is 34.1 Å². The molecule has 74 valence electrons. The fraction of sp³-hybridized carbons (Fsp3) is 0.636. The highest BCUT2D eigenvalue weighted by molar-refractivity contribution is 5.82. The lowest BCUT2D eigenvalue weighted by Crippen LogP contribution is -2.05. The summed E-state index contributed by atoms with van der Waals surface area (Å²) in [5.74, 6) is 0.893. The Hall–Kier alpha value is -0.920. The van der Waals surface area contributed by atoms with Crippen molar-refractivity contribution in [3.05, 3.63) is 12.7 Å². The molecule has 1 aliphatic carbocycles. The number of unbranched alkanes of at least 4 members (excludes halogenated alkanes) is 1. The Morgan fingerprint density at radius 1 is 1.46 bits per heavy atom. The van der Waals surface area contributed by atoms with Crippen molar-refractivity contribution in [3.63, 3.8) is 0 Å². The van der Waals surface area contributed by atoms with Crippen LogP contribution in [0.4, 0.5) is 0 Å². The van der Waals surface area contributed by atoms with Crippen molar-refractivity contribution in [2.45, 2.75) is 38.5 Å². The minimum absolute atomic E-state index is 0.398. The van der Waals surface area contributed by atoms with Gasteiger partial charge in [0.25, 0.3) is 0 Å². The first kappa shape index (κ1) is 12.1. The van der Waals surface area contributed by atoms with E-state index >= 15 is 0 Å². The van der Waals surface area contributed by atoms with Crippen LogP contribution < -0.4 is 0 Å². The van der Waals surface area contributed by atoms with Gasteiger partial charge in [-0.3, -0.25) is 4.79 Å². The maximum absolute atomic E-state index is 11.1. The van der Waals surface area contributed by atoms with Crippen LogP contribution in [0.3, 0.4) is 0 Å². The normalized spacial score (nSPS) is 20.6. The maximum atomic E-state index is 11.1. The Morgan fingerprint density at radius 2 is 2.15 bits per heavy atom. The first-order chi connectivity index (χ1) is 6.34. The lowest BCUT2D eigenvalue weighted by atomic mass is 10.00. The number of allylic oxidation sites excluding steroid dienone is 1. The molecule has 1 atom stereocenters. The van der Waals surface area contributed by atoms with Gasteiger partial charge < -0.3 is 4.79 Å². The molecule has 0 N–H and O–H groups in total. The van der Waals surface area contributed by atoms with E-state index in [-0.39, 0.29) is 0 Å². The third-order valence-corrected chi connectivity index (χ3v) is 2.39. The molecular formula is C11H18O2. The molecule has 0 spiro atoms. The zero-order chi connectivity index (χ0) is 10.1. The first-order valence-electron chi connectivity index (χ1n) is 4.77. The molecule has 1 saturated carbocycles. The minimum Gasteiger partial charge on any atom is -0.307 e. The Labute approximate surface area is 80.0 Å². The smallest absolute Gasteiger partial charge is 0.135 e. The van der Waals surface area contributed by atoms with Gasteiger partial charge in [0.1, 0.15) is 12.6 Å². The SMILES string of the molecule is C=CCCCC1CCCC1=O.C=O. The van der Waals surface area contributed by atoms with Crippen molar-refractivity contribution < 1.29 is 9.59 Å². The van der Waals surface area contributed by atoms with Crippen LogP contribution in [0.15, 0.2) is 12.7 Å². The molecule has 0 aromatic carbocycles. The van der Waals surface area contributed by atoms with Gasteiger partial charge in [-0.05, 0) is 32.1 Å². The van der Waals surface area contributed by atoms with Gasteiger partial charge in [-0.15, -0.1) is 6.58 Å². The van der Waals surface area contributed by atoms with E-state index < -0.39 is 0 Å². The summed E-state index contributed by atoms with van der Waals surface area (Å²) in [7, 11) is 0. The van der Waals surface area contributed by atoms with Gasteiger partial charge in [0.05, 0.1) is 0 Å². The van der Waals surface area contributed by atoms with Crippen LogP contribution in [0.2, 0.25) is 0 Å². The van der Waals surface area contributed by atoms with Crippen molar-refractivity contribution in [2.75, 3.05) is 0 Å². The third kappa shape index (κ3) is 4.61. The highest BCUT2D eigenvalue weighted by atomic mass is 16.1. The van der Waals surface area contributed by atoms with Gasteiger partial charge in [0.15, 0.2) is 0 Å². The zero-order valence-electron chi connectivity index (χ0n) is 8.13. The molecule has 1 fully saturated rings. The van der Waals surface area contributed by atoms with E-state index in [1.807, 2.05) is 12.9 Å². The molecule has 2 nitrogen and oxygen atoms in total. The summed E-state index contributed by atoms with van der Waals surface area (Å²) in [5, 5.41) is 0. The average Bonchev–Trinajstić information content (AvgIpc) is 2.56. The van der Waals surface area contributed by atoms with Gasteiger partial charge in [-0.2, -0.15) is 0 Å². The van der Waals surface area contributed by atoms with Gasteiger partial charge in [0.2, 0.25) is 0 Å².